The molecule has 2 aromatic carbocycles. The van der Waals surface area contributed by atoms with Crippen molar-refractivity contribution in [2.75, 3.05) is 9.45 Å². The van der Waals surface area contributed by atoms with Crippen molar-refractivity contribution >= 4 is 53.0 Å². The summed E-state index contributed by atoms with van der Waals surface area (Å²) < 4.78 is 7.31. The van der Waals surface area contributed by atoms with E-state index in [9.17, 15) is 14.7 Å². The molecule has 1 aliphatic heterocycles. The summed E-state index contributed by atoms with van der Waals surface area (Å²) in [5, 5.41) is 10.1. The van der Waals surface area contributed by atoms with Crippen LogP contribution in [-0.2, 0) is 9.59 Å². The fraction of sp³-hybridized carbons (Fsp3) is 0.379. The third-order valence-electron chi connectivity index (χ3n) is 7.12. The van der Waals surface area contributed by atoms with Crippen LogP contribution < -0.4 is 4.90 Å². The van der Waals surface area contributed by atoms with Gasteiger partial charge in [-0.1, -0.05) is 39.8 Å². The first-order valence-electron chi connectivity index (χ1n) is 12.8. The molecular formula is C29H32IN3O4. The smallest absolute Gasteiger partial charge is 0.339 e. The Morgan fingerprint density at radius 3 is 2.43 bits per heavy atom. The summed E-state index contributed by atoms with van der Waals surface area (Å²) >= 11 is -0.729. The van der Waals surface area contributed by atoms with Crippen LogP contribution in [0.1, 0.15) is 46.5 Å². The van der Waals surface area contributed by atoms with Crippen molar-refractivity contribution in [3.05, 3.63) is 60.3 Å². The molecule has 1 N–H and O–H groups in total. The summed E-state index contributed by atoms with van der Waals surface area (Å²) in [6.07, 6.45) is 5.59. The third-order valence-corrected chi connectivity index (χ3v) is 10.0. The van der Waals surface area contributed by atoms with Gasteiger partial charge in [-0.05, 0) is 81.8 Å². The monoisotopic (exact) mass is 613 g/mol. The zero-order chi connectivity index (χ0) is 26.1. The van der Waals surface area contributed by atoms with Gasteiger partial charge in [0.25, 0.3) is 0 Å². The lowest BCUT2D eigenvalue weighted by Crippen LogP contribution is -2.47. The van der Waals surface area contributed by atoms with E-state index in [0.29, 0.717) is 16.4 Å². The molecule has 1 aliphatic carbocycles. The number of alkyl halides is 1. The van der Waals surface area contributed by atoms with Crippen LogP contribution in [0.4, 0.5) is 5.69 Å². The van der Waals surface area contributed by atoms with Crippen LogP contribution in [0.5, 0.6) is 0 Å². The Labute approximate surface area is 226 Å². The molecule has 0 bridgehead atoms. The van der Waals surface area contributed by atoms with Gasteiger partial charge in [0.1, 0.15) is 11.1 Å². The third kappa shape index (κ3) is 5.35. The number of hydrogen-bond donors (Lipinski definition) is 1. The van der Waals surface area contributed by atoms with E-state index in [1.165, 1.54) is 0 Å². The number of carboxylic acids is 1. The molecule has 0 spiro atoms. The Bertz CT molecular complexity index is 1330. The van der Waals surface area contributed by atoms with Gasteiger partial charge in [0.2, 0.25) is 11.8 Å². The number of fused-ring (bicyclic) bond motifs is 1. The number of rotatable bonds is 6. The van der Waals surface area contributed by atoms with Crippen molar-refractivity contribution in [1.29, 1.82) is 0 Å². The van der Waals surface area contributed by atoms with E-state index in [0.717, 1.165) is 51.7 Å². The molecule has 8 heteroatoms. The van der Waals surface area contributed by atoms with Crippen LogP contribution in [0, 0.1) is 11.8 Å². The molecule has 2 heterocycles. The summed E-state index contributed by atoms with van der Waals surface area (Å²) in [6, 6.07) is 15.4. The summed E-state index contributed by atoms with van der Waals surface area (Å²) in [6.45, 7) is 6.20. The number of benzene rings is 2. The number of aliphatic carboxylic acids is 1. The van der Waals surface area contributed by atoms with Gasteiger partial charge in [0.05, 0.1) is 8.18 Å². The predicted octanol–water partition coefficient (Wildman–Crippen LogP) is 6.40. The molecule has 0 atom stereocenters. The van der Waals surface area contributed by atoms with Crippen molar-refractivity contribution in [1.82, 2.24) is 9.88 Å². The lowest BCUT2D eigenvalue weighted by atomic mass is 9.82. The highest BCUT2D eigenvalue weighted by Crippen LogP contribution is 2.34. The molecule has 5 rings (SSSR count). The van der Waals surface area contributed by atoms with Crippen molar-refractivity contribution in [2.45, 2.75) is 52.5 Å². The normalized spacial score (nSPS) is 20.3. The van der Waals surface area contributed by atoms with E-state index < -0.39 is 26.7 Å². The first-order chi connectivity index (χ1) is 17.8. The Morgan fingerprint density at radius 1 is 1.08 bits per heavy atom. The summed E-state index contributed by atoms with van der Waals surface area (Å²) in [5.41, 5.74) is 3.55. The number of anilines is 1. The van der Waals surface area contributed by atoms with E-state index in [1.807, 2.05) is 72.2 Å². The maximum absolute atomic E-state index is 13.6. The minimum Gasteiger partial charge on any atom is -0.478 e. The number of hydrogen-bond acceptors (Lipinski definition) is 5. The highest BCUT2D eigenvalue weighted by Gasteiger charge is 2.35. The zero-order valence-corrected chi connectivity index (χ0v) is 23.5. The number of halogens is 1. The molecule has 194 valence electrons. The topological polar surface area (TPSA) is 86.9 Å². The Morgan fingerprint density at radius 2 is 1.78 bits per heavy atom. The van der Waals surface area contributed by atoms with Crippen LogP contribution in [0.3, 0.4) is 0 Å². The van der Waals surface area contributed by atoms with Gasteiger partial charge in [-0.3, -0.25) is 4.79 Å². The molecule has 37 heavy (non-hydrogen) atoms. The van der Waals surface area contributed by atoms with Crippen LogP contribution in [0.15, 0.2) is 64.7 Å². The second-order valence-corrected chi connectivity index (χ2v) is 12.6. The van der Waals surface area contributed by atoms with Gasteiger partial charge in [0, 0.05) is 29.4 Å². The molecule has 1 amide bonds. The van der Waals surface area contributed by atoms with E-state index in [2.05, 4.69) is 11.9 Å². The van der Waals surface area contributed by atoms with E-state index in [1.54, 1.807) is 6.20 Å². The van der Waals surface area contributed by atoms with Crippen molar-refractivity contribution < 1.29 is 19.1 Å². The molecule has 1 aromatic heterocycles. The highest BCUT2D eigenvalue weighted by molar-refractivity contribution is 14.2. The molecule has 2 aliphatic rings. The maximum atomic E-state index is 13.6. The van der Waals surface area contributed by atoms with Gasteiger partial charge in [0.15, 0.2) is 5.58 Å². The number of carbonyl (C=O) groups excluding carboxylic acids is 1. The number of carboxylic acid groups (broad SMARTS) is 1. The number of aromatic nitrogens is 1. The fourth-order valence-corrected chi connectivity index (χ4v) is 8.22. The highest BCUT2D eigenvalue weighted by atomic mass is 127. The van der Waals surface area contributed by atoms with Gasteiger partial charge in [-0.15, -0.1) is 0 Å². The van der Waals surface area contributed by atoms with E-state index in [-0.39, 0.29) is 23.4 Å². The number of para-hydroxylation sites is 2. The second-order valence-electron chi connectivity index (χ2n) is 10.2. The average molecular weight is 613 g/mol. The quantitative estimate of drug-likeness (QED) is 0.197. The zero-order valence-electron chi connectivity index (χ0n) is 21.4. The lowest BCUT2D eigenvalue weighted by molar-refractivity contribution is -0.134. The molecule has 1 fully saturated rings. The minimum absolute atomic E-state index is 0.0115. The molecule has 0 radical (unpaired) electrons. The second kappa shape index (κ2) is 10.8. The van der Waals surface area contributed by atoms with Crippen LogP contribution in [0.25, 0.3) is 22.6 Å². The fourth-order valence-electron chi connectivity index (χ4n) is 4.99. The molecule has 3 aromatic rings. The van der Waals surface area contributed by atoms with Crippen molar-refractivity contribution in [3.63, 3.8) is 0 Å². The Hall–Kier alpha value is -3.01. The molecule has 0 saturated heterocycles. The molecule has 1 saturated carbocycles. The largest absolute Gasteiger partial charge is 0.478 e. The Balaban J connectivity index is 1.38. The summed E-state index contributed by atoms with van der Waals surface area (Å²) in [4.78, 5) is 34.3. The number of nitrogens with zero attached hydrogens (tertiary/aromatic N) is 3. The average Bonchev–Trinajstić information content (AvgIpc) is 3.33. The van der Waals surface area contributed by atoms with Gasteiger partial charge >= 0.3 is 5.97 Å². The van der Waals surface area contributed by atoms with Gasteiger partial charge in [-0.2, -0.15) is 0 Å². The van der Waals surface area contributed by atoms with Gasteiger partial charge in [-0.25, -0.2) is 9.78 Å². The first-order valence-corrected chi connectivity index (χ1v) is 15.4. The van der Waals surface area contributed by atoms with Crippen LogP contribution >= 0.6 is 20.7 Å². The maximum Gasteiger partial charge on any atom is 0.339 e. The summed E-state index contributed by atoms with van der Waals surface area (Å²) in [5.74, 6) is 0.309. The lowest BCUT2D eigenvalue weighted by Gasteiger charge is -2.36. The summed E-state index contributed by atoms with van der Waals surface area (Å²) in [7, 11) is 0. The SMILES string of the molecule is CC1CCC(C(=O)N(C2=ICN(c3ccc(-c4nc5ccccc5o4)cc3)C=C2C(=O)O)C(C)C)CC1. The van der Waals surface area contributed by atoms with E-state index >= 15 is 0 Å². The molecule has 7 nitrogen and oxygen atoms in total. The van der Waals surface area contributed by atoms with Crippen molar-refractivity contribution in [3.8, 4) is 11.5 Å². The standard InChI is InChI=1S/C29H32IN3O4/c1-18(2)33(28(34)21-10-8-19(3)9-11-21)26-23(29(35)36)16-32(17-30-26)22-14-12-20(13-15-22)27-31-24-6-4-5-7-25(24)37-27/h4-7,12-16,18-19,21H,8-11,17H2,1-3H3,(H,35,36). The van der Waals surface area contributed by atoms with Gasteiger partial charge < -0.3 is 19.3 Å². The minimum atomic E-state index is -0.988. The number of carbonyl (C=O) groups is 2. The van der Waals surface area contributed by atoms with Crippen LogP contribution in [-0.4, -0.2) is 41.1 Å². The van der Waals surface area contributed by atoms with Crippen LogP contribution in [0.2, 0.25) is 0 Å². The Kier molecular flexibility index (Phi) is 7.46. The first kappa shape index (κ1) is 25.6. The predicted molar refractivity (Wildman–Crippen MR) is 155 cm³/mol. The number of oxazole rings is 1. The van der Waals surface area contributed by atoms with E-state index in [4.69, 9.17) is 4.42 Å². The van der Waals surface area contributed by atoms with Crippen molar-refractivity contribution in [2.24, 2.45) is 11.8 Å². The molecular weight excluding hydrogens is 581 g/mol. The molecule has 0 unspecified atom stereocenters. The number of amides is 1.